The molecule has 4 heteroatoms. The van der Waals surface area contributed by atoms with Crippen LogP contribution in [-0.2, 0) is 9.53 Å². The van der Waals surface area contributed by atoms with Crippen LogP contribution in [0.3, 0.4) is 0 Å². The summed E-state index contributed by atoms with van der Waals surface area (Å²) in [4.78, 5) is 21.9. The van der Waals surface area contributed by atoms with Crippen LogP contribution in [0.2, 0.25) is 0 Å². The van der Waals surface area contributed by atoms with E-state index in [0.29, 0.717) is 18.6 Å². The fourth-order valence-corrected chi connectivity index (χ4v) is 1.71. The minimum absolute atomic E-state index is 0.309. The van der Waals surface area contributed by atoms with E-state index in [1.165, 1.54) is 0 Å². The minimum Gasteiger partial charge on any atom is -0.462 e. The Labute approximate surface area is 120 Å². The number of nitrogens with one attached hydrogen (secondary N) is 1. The van der Waals surface area contributed by atoms with Gasteiger partial charge in [-0.15, -0.1) is 0 Å². The van der Waals surface area contributed by atoms with Crippen LogP contribution >= 0.6 is 0 Å². The maximum absolute atomic E-state index is 11.7. The highest BCUT2D eigenvalue weighted by Crippen LogP contribution is 2.11. The molecule has 1 rings (SSSR count). The van der Waals surface area contributed by atoms with Gasteiger partial charge in [-0.05, 0) is 43.5 Å². The fraction of sp³-hybridized carbons (Fsp3) is 0.500. The predicted molar refractivity (Wildman–Crippen MR) is 80.0 cm³/mol. The molecule has 0 aliphatic heterocycles. The highest BCUT2D eigenvalue weighted by atomic mass is 16.5. The first-order chi connectivity index (χ1) is 9.77. The van der Waals surface area contributed by atoms with Gasteiger partial charge in [0.15, 0.2) is 0 Å². The summed E-state index contributed by atoms with van der Waals surface area (Å²) in [6.07, 6.45) is 5.17. The van der Waals surface area contributed by atoms with Crippen molar-refractivity contribution in [3.8, 4) is 0 Å². The number of hydrogen-bond acceptors (Lipinski definition) is 4. The number of esters is 1. The summed E-state index contributed by atoms with van der Waals surface area (Å²) < 4.78 is 5.14. The number of carbonyl (C=O) groups excluding carboxylic acids is 2. The lowest BCUT2D eigenvalue weighted by molar-refractivity contribution is -0.107. The van der Waals surface area contributed by atoms with Gasteiger partial charge >= 0.3 is 5.97 Å². The first-order valence-electron chi connectivity index (χ1n) is 7.22. The SMILES string of the molecule is CCCCNc1ccc(C(=O)OCCCCC=O)cc1. The summed E-state index contributed by atoms with van der Waals surface area (Å²) in [5.41, 5.74) is 1.57. The Morgan fingerprint density at radius 2 is 1.95 bits per heavy atom. The highest BCUT2D eigenvalue weighted by molar-refractivity contribution is 5.89. The number of benzene rings is 1. The van der Waals surface area contributed by atoms with Gasteiger partial charge in [0.1, 0.15) is 6.29 Å². The van der Waals surface area contributed by atoms with Crippen molar-refractivity contribution in [3.05, 3.63) is 29.8 Å². The Hall–Kier alpha value is -1.84. The molecule has 0 amide bonds. The molecule has 20 heavy (non-hydrogen) atoms. The summed E-state index contributed by atoms with van der Waals surface area (Å²) in [5, 5.41) is 3.29. The summed E-state index contributed by atoms with van der Waals surface area (Å²) in [5.74, 6) is -0.309. The van der Waals surface area contributed by atoms with Crippen molar-refractivity contribution in [3.63, 3.8) is 0 Å². The molecule has 0 saturated heterocycles. The van der Waals surface area contributed by atoms with E-state index >= 15 is 0 Å². The Kier molecular flexibility index (Phi) is 8.11. The van der Waals surface area contributed by atoms with Crippen molar-refractivity contribution in [2.24, 2.45) is 0 Å². The molecule has 0 aromatic heterocycles. The lowest BCUT2D eigenvalue weighted by Crippen LogP contribution is -2.07. The minimum atomic E-state index is -0.309. The zero-order chi connectivity index (χ0) is 14.6. The van der Waals surface area contributed by atoms with Crippen LogP contribution in [0.4, 0.5) is 5.69 Å². The maximum Gasteiger partial charge on any atom is 0.338 e. The third-order valence-corrected chi connectivity index (χ3v) is 2.93. The number of unbranched alkanes of at least 4 members (excludes halogenated alkanes) is 3. The summed E-state index contributed by atoms with van der Waals surface area (Å²) in [7, 11) is 0. The molecule has 1 aromatic rings. The van der Waals surface area contributed by atoms with Crippen LogP contribution < -0.4 is 5.32 Å². The Morgan fingerprint density at radius 1 is 1.20 bits per heavy atom. The van der Waals surface area contributed by atoms with Gasteiger partial charge in [-0.3, -0.25) is 0 Å². The molecule has 4 nitrogen and oxygen atoms in total. The molecule has 0 saturated carbocycles. The van der Waals surface area contributed by atoms with Gasteiger partial charge < -0.3 is 14.8 Å². The summed E-state index contributed by atoms with van der Waals surface area (Å²) in [6, 6.07) is 7.31. The molecule has 0 aliphatic rings. The van der Waals surface area contributed by atoms with Crippen molar-refractivity contribution in [1.82, 2.24) is 0 Å². The van der Waals surface area contributed by atoms with Crippen LogP contribution in [0.1, 0.15) is 49.4 Å². The van der Waals surface area contributed by atoms with E-state index in [1.807, 2.05) is 12.1 Å². The van der Waals surface area contributed by atoms with Crippen molar-refractivity contribution in [1.29, 1.82) is 0 Å². The number of anilines is 1. The van der Waals surface area contributed by atoms with E-state index in [1.54, 1.807) is 12.1 Å². The van der Waals surface area contributed by atoms with Crippen LogP contribution in [0.5, 0.6) is 0 Å². The van der Waals surface area contributed by atoms with E-state index < -0.39 is 0 Å². The third kappa shape index (κ3) is 6.36. The van der Waals surface area contributed by atoms with Crippen LogP contribution in [0.25, 0.3) is 0 Å². The van der Waals surface area contributed by atoms with E-state index in [9.17, 15) is 9.59 Å². The van der Waals surface area contributed by atoms with Crippen LogP contribution in [0.15, 0.2) is 24.3 Å². The molecule has 0 radical (unpaired) electrons. The van der Waals surface area contributed by atoms with Gasteiger partial charge in [0.05, 0.1) is 12.2 Å². The number of hydrogen-bond donors (Lipinski definition) is 1. The van der Waals surface area contributed by atoms with Gasteiger partial charge in [-0.25, -0.2) is 4.79 Å². The van der Waals surface area contributed by atoms with E-state index in [4.69, 9.17) is 4.74 Å². The molecule has 1 aromatic carbocycles. The molecule has 0 bridgehead atoms. The summed E-state index contributed by atoms with van der Waals surface area (Å²) in [6.45, 7) is 3.45. The van der Waals surface area contributed by atoms with Crippen molar-refractivity contribution in [2.45, 2.75) is 39.0 Å². The standard InChI is InChI=1S/C16H23NO3/c1-2-3-11-17-15-9-7-14(8-10-15)16(19)20-13-6-4-5-12-18/h7-10,12,17H,2-6,11,13H2,1H3. The van der Waals surface area contributed by atoms with E-state index in [2.05, 4.69) is 12.2 Å². The van der Waals surface area contributed by atoms with Gasteiger partial charge in [0, 0.05) is 18.7 Å². The lowest BCUT2D eigenvalue weighted by Gasteiger charge is -2.07. The second-order valence-electron chi connectivity index (χ2n) is 4.66. The van der Waals surface area contributed by atoms with Gasteiger partial charge in [-0.1, -0.05) is 13.3 Å². The van der Waals surface area contributed by atoms with Crippen molar-refractivity contribution >= 4 is 17.9 Å². The zero-order valence-corrected chi connectivity index (χ0v) is 12.1. The quantitative estimate of drug-likeness (QED) is 0.404. The number of carbonyl (C=O) groups is 2. The fourth-order valence-electron chi connectivity index (χ4n) is 1.71. The van der Waals surface area contributed by atoms with Crippen LogP contribution in [0, 0.1) is 0 Å². The zero-order valence-electron chi connectivity index (χ0n) is 12.1. The largest absolute Gasteiger partial charge is 0.462 e. The Bertz CT molecular complexity index is 401. The number of rotatable bonds is 10. The molecular formula is C16H23NO3. The van der Waals surface area contributed by atoms with Gasteiger partial charge in [0.25, 0.3) is 0 Å². The molecule has 0 spiro atoms. The lowest BCUT2D eigenvalue weighted by atomic mass is 10.2. The average molecular weight is 277 g/mol. The molecule has 0 unspecified atom stereocenters. The van der Waals surface area contributed by atoms with Crippen molar-refractivity contribution < 1.29 is 14.3 Å². The highest BCUT2D eigenvalue weighted by Gasteiger charge is 2.06. The first-order valence-corrected chi connectivity index (χ1v) is 7.22. The molecule has 0 heterocycles. The number of ether oxygens (including phenoxy) is 1. The number of aldehydes is 1. The van der Waals surface area contributed by atoms with Crippen LogP contribution in [-0.4, -0.2) is 25.4 Å². The molecule has 0 atom stereocenters. The van der Waals surface area contributed by atoms with Gasteiger partial charge in [-0.2, -0.15) is 0 Å². The molecule has 1 N–H and O–H groups in total. The van der Waals surface area contributed by atoms with E-state index in [0.717, 1.165) is 44.2 Å². The summed E-state index contributed by atoms with van der Waals surface area (Å²) >= 11 is 0. The topological polar surface area (TPSA) is 55.4 Å². The first kappa shape index (κ1) is 16.2. The Balaban J connectivity index is 2.31. The van der Waals surface area contributed by atoms with E-state index in [-0.39, 0.29) is 5.97 Å². The average Bonchev–Trinajstić information content (AvgIpc) is 2.48. The second kappa shape index (κ2) is 10.0. The molecule has 0 aliphatic carbocycles. The maximum atomic E-state index is 11.7. The molecule has 0 fully saturated rings. The molecule has 110 valence electrons. The monoisotopic (exact) mass is 277 g/mol. The normalized spacial score (nSPS) is 10.1. The second-order valence-corrected chi connectivity index (χ2v) is 4.66. The van der Waals surface area contributed by atoms with Crippen molar-refractivity contribution in [2.75, 3.05) is 18.5 Å². The third-order valence-electron chi connectivity index (χ3n) is 2.93. The smallest absolute Gasteiger partial charge is 0.338 e. The van der Waals surface area contributed by atoms with Gasteiger partial charge in [0.2, 0.25) is 0 Å². The predicted octanol–water partition coefficient (Wildman–Crippen LogP) is 3.42. The Morgan fingerprint density at radius 3 is 2.60 bits per heavy atom. The molecular weight excluding hydrogens is 254 g/mol.